The van der Waals surface area contributed by atoms with E-state index in [9.17, 15) is 4.79 Å². The molecular formula is C18H20N4O2S2. The Morgan fingerprint density at radius 3 is 2.77 bits per heavy atom. The monoisotopic (exact) mass is 388 g/mol. The lowest BCUT2D eigenvalue weighted by molar-refractivity contribution is -0.133. The highest BCUT2D eigenvalue weighted by Gasteiger charge is 2.21. The fourth-order valence-corrected chi connectivity index (χ4v) is 4.38. The smallest absolute Gasteiger partial charge is 0.248 e. The molecule has 4 rings (SSSR count). The summed E-state index contributed by atoms with van der Waals surface area (Å²) in [7, 11) is 0. The van der Waals surface area contributed by atoms with Crippen molar-refractivity contribution in [3.63, 3.8) is 0 Å². The summed E-state index contributed by atoms with van der Waals surface area (Å²) in [4.78, 5) is 18.2. The molecule has 0 unspecified atom stereocenters. The highest BCUT2D eigenvalue weighted by molar-refractivity contribution is 7.09. The van der Waals surface area contributed by atoms with Crippen molar-refractivity contribution in [1.82, 2.24) is 20.0 Å². The molecule has 8 heteroatoms. The van der Waals surface area contributed by atoms with Crippen LogP contribution in [0.5, 0.6) is 0 Å². The summed E-state index contributed by atoms with van der Waals surface area (Å²) in [5.74, 6) is 1.21. The number of rotatable bonds is 6. The zero-order chi connectivity index (χ0) is 17.8. The lowest BCUT2D eigenvalue weighted by atomic mass is 10.2. The second-order valence-electron chi connectivity index (χ2n) is 6.25. The van der Waals surface area contributed by atoms with E-state index in [1.54, 1.807) is 22.7 Å². The number of hydrogen-bond donors (Lipinski definition) is 0. The standard InChI is InChI=1S/C18H20N4O2S2/c23-17(4-3-16-19-20-18(24-16)14-5-11-25-13-14)22-8-6-21(7-9-22)12-15-2-1-10-26-15/h1-2,5,10-11,13H,3-4,6-9,12H2. The van der Waals surface area contributed by atoms with Crippen molar-refractivity contribution in [3.05, 3.63) is 45.1 Å². The van der Waals surface area contributed by atoms with Gasteiger partial charge in [0.25, 0.3) is 0 Å². The van der Waals surface area contributed by atoms with Gasteiger partial charge in [0.1, 0.15) is 0 Å². The maximum atomic E-state index is 12.5. The van der Waals surface area contributed by atoms with E-state index in [-0.39, 0.29) is 5.91 Å². The first kappa shape index (κ1) is 17.4. The second-order valence-corrected chi connectivity index (χ2v) is 8.06. The maximum absolute atomic E-state index is 12.5. The summed E-state index contributed by atoms with van der Waals surface area (Å²) < 4.78 is 5.65. The second kappa shape index (κ2) is 8.11. The van der Waals surface area contributed by atoms with Crippen LogP contribution in [0.25, 0.3) is 11.5 Å². The van der Waals surface area contributed by atoms with E-state index in [0.717, 1.165) is 38.3 Å². The fraction of sp³-hybridized carbons (Fsp3) is 0.389. The van der Waals surface area contributed by atoms with Gasteiger partial charge in [-0.15, -0.1) is 21.5 Å². The molecule has 0 spiro atoms. The molecule has 0 aromatic carbocycles. The minimum atomic E-state index is 0.163. The first-order valence-corrected chi connectivity index (χ1v) is 10.5. The van der Waals surface area contributed by atoms with Crippen LogP contribution in [-0.4, -0.2) is 52.1 Å². The zero-order valence-corrected chi connectivity index (χ0v) is 16.0. The first-order valence-electron chi connectivity index (χ1n) is 8.65. The van der Waals surface area contributed by atoms with E-state index >= 15 is 0 Å². The van der Waals surface area contributed by atoms with Crippen LogP contribution in [0, 0.1) is 0 Å². The summed E-state index contributed by atoms with van der Waals surface area (Å²) in [5.41, 5.74) is 0.932. The van der Waals surface area contributed by atoms with Gasteiger partial charge in [0.15, 0.2) is 0 Å². The molecule has 136 valence electrons. The van der Waals surface area contributed by atoms with Gasteiger partial charge in [-0.1, -0.05) is 6.07 Å². The third kappa shape index (κ3) is 4.20. The Labute approximate surface area is 160 Å². The molecule has 3 aromatic heterocycles. The molecule has 1 saturated heterocycles. The molecule has 1 aliphatic rings. The largest absolute Gasteiger partial charge is 0.421 e. The molecule has 0 bridgehead atoms. The van der Waals surface area contributed by atoms with Crippen molar-refractivity contribution in [1.29, 1.82) is 0 Å². The Morgan fingerprint density at radius 2 is 2.04 bits per heavy atom. The van der Waals surface area contributed by atoms with Crippen molar-refractivity contribution in [2.24, 2.45) is 0 Å². The number of thiophene rings is 2. The zero-order valence-electron chi connectivity index (χ0n) is 14.3. The van der Waals surface area contributed by atoms with Crippen molar-refractivity contribution >= 4 is 28.6 Å². The Morgan fingerprint density at radius 1 is 1.15 bits per heavy atom. The number of nitrogens with zero attached hydrogens (tertiary/aromatic N) is 4. The van der Waals surface area contributed by atoms with E-state index in [1.165, 1.54) is 4.88 Å². The highest BCUT2D eigenvalue weighted by Crippen LogP contribution is 2.21. The minimum absolute atomic E-state index is 0.163. The van der Waals surface area contributed by atoms with Gasteiger partial charge in [-0.25, -0.2) is 0 Å². The minimum Gasteiger partial charge on any atom is -0.421 e. The van der Waals surface area contributed by atoms with Crippen LogP contribution in [0.2, 0.25) is 0 Å². The highest BCUT2D eigenvalue weighted by atomic mass is 32.1. The molecule has 6 nitrogen and oxygen atoms in total. The number of carbonyl (C=O) groups excluding carboxylic acids is 1. The van der Waals surface area contributed by atoms with Gasteiger partial charge in [-0.2, -0.15) is 11.3 Å². The molecule has 0 saturated carbocycles. The van der Waals surface area contributed by atoms with Crippen LogP contribution in [0.1, 0.15) is 17.2 Å². The molecule has 26 heavy (non-hydrogen) atoms. The number of aryl methyl sites for hydroxylation is 1. The van der Waals surface area contributed by atoms with Crippen LogP contribution in [0.4, 0.5) is 0 Å². The predicted octanol–water partition coefficient (Wildman–Crippen LogP) is 3.14. The maximum Gasteiger partial charge on any atom is 0.248 e. The lowest BCUT2D eigenvalue weighted by Crippen LogP contribution is -2.48. The van der Waals surface area contributed by atoms with Gasteiger partial charge in [-0.3, -0.25) is 9.69 Å². The molecule has 4 heterocycles. The third-order valence-electron chi connectivity index (χ3n) is 4.47. The average molecular weight is 389 g/mol. The third-order valence-corrected chi connectivity index (χ3v) is 6.02. The van der Waals surface area contributed by atoms with Crippen molar-refractivity contribution < 1.29 is 9.21 Å². The number of hydrogen-bond acceptors (Lipinski definition) is 7. The van der Waals surface area contributed by atoms with E-state index in [1.807, 2.05) is 21.7 Å². The van der Waals surface area contributed by atoms with Gasteiger partial charge < -0.3 is 9.32 Å². The number of amides is 1. The van der Waals surface area contributed by atoms with Gasteiger partial charge >= 0.3 is 0 Å². The van der Waals surface area contributed by atoms with Crippen molar-refractivity contribution in [2.45, 2.75) is 19.4 Å². The SMILES string of the molecule is O=C(CCc1nnc(-c2ccsc2)o1)N1CCN(Cc2cccs2)CC1. The van der Waals surface area contributed by atoms with Crippen LogP contribution >= 0.6 is 22.7 Å². The Kier molecular flexibility index (Phi) is 5.42. The molecule has 1 amide bonds. The number of piperazine rings is 1. The van der Waals surface area contributed by atoms with Crippen LogP contribution in [-0.2, 0) is 17.8 Å². The summed E-state index contributed by atoms with van der Waals surface area (Å²) in [6.07, 6.45) is 0.904. The van der Waals surface area contributed by atoms with Gasteiger partial charge in [0.05, 0.1) is 0 Å². The van der Waals surface area contributed by atoms with Crippen LogP contribution in [0.15, 0.2) is 38.8 Å². The van der Waals surface area contributed by atoms with Gasteiger partial charge in [0, 0.05) is 61.4 Å². The van der Waals surface area contributed by atoms with Gasteiger partial charge in [-0.05, 0) is 22.9 Å². The number of carbonyl (C=O) groups is 1. The van der Waals surface area contributed by atoms with Crippen molar-refractivity contribution in [2.75, 3.05) is 26.2 Å². The van der Waals surface area contributed by atoms with E-state index in [0.29, 0.717) is 24.6 Å². The Balaban J connectivity index is 1.23. The molecule has 1 fully saturated rings. The lowest BCUT2D eigenvalue weighted by Gasteiger charge is -2.34. The van der Waals surface area contributed by atoms with E-state index in [4.69, 9.17) is 4.42 Å². The molecule has 0 N–H and O–H groups in total. The van der Waals surface area contributed by atoms with E-state index < -0.39 is 0 Å². The summed E-state index contributed by atoms with van der Waals surface area (Å²) in [6.45, 7) is 4.40. The molecule has 1 aliphatic heterocycles. The average Bonchev–Trinajstić information content (AvgIpc) is 3.41. The predicted molar refractivity (Wildman–Crippen MR) is 102 cm³/mol. The summed E-state index contributed by atoms with van der Waals surface area (Å²) in [5, 5.41) is 14.2. The molecular weight excluding hydrogens is 368 g/mol. The quantitative estimate of drug-likeness (QED) is 0.649. The van der Waals surface area contributed by atoms with Gasteiger partial charge in [0.2, 0.25) is 17.7 Å². The first-order chi connectivity index (χ1) is 12.8. The molecule has 0 atom stereocenters. The normalized spacial score (nSPS) is 15.5. The summed E-state index contributed by atoms with van der Waals surface area (Å²) in [6, 6.07) is 6.20. The number of aromatic nitrogens is 2. The van der Waals surface area contributed by atoms with Crippen molar-refractivity contribution in [3.8, 4) is 11.5 Å². The van der Waals surface area contributed by atoms with Crippen LogP contribution < -0.4 is 0 Å². The Hall–Kier alpha value is -2.03. The van der Waals surface area contributed by atoms with E-state index in [2.05, 4.69) is 32.6 Å². The topological polar surface area (TPSA) is 62.5 Å². The molecule has 3 aromatic rings. The Bertz CT molecular complexity index is 821. The summed E-state index contributed by atoms with van der Waals surface area (Å²) >= 11 is 3.38. The fourth-order valence-electron chi connectivity index (χ4n) is 3.01. The molecule has 0 aliphatic carbocycles. The van der Waals surface area contributed by atoms with Crippen LogP contribution in [0.3, 0.4) is 0 Å². The molecule has 0 radical (unpaired) electrons.